The quantitative estimate of drug-likeness (QED) is 0.794. The largest absolute Gasteiger partial charge is 0.496 e. The van der Waals surface area contributed by atoms with Crippen LogP contribution in [0.4, 0.5) is 4.39 Å². The van der Waals surface area contributed by atoms with Crippen molar-refractivity contribution in [3.8, 4) is 5.75 Å². The molecule has 0 amide bonds. The van der Waals surface area contributed by atoms with Crippen molar-refractivity contribution in [2.24, 2.45) is 0 Å². The van der Waals surface area contributed by atoms with Crippen molar-refractivity contribution in [2.45, 2.75) is 13.0 Å². The molecule has 0 fully saturated rings. The highest BCUT2D eigenvalue weighted by Gasteiger charge is 2.19. The zero-order valence-electron chi connectivity index (χ0n) is 9.17. The number of aliphatic hydroxyl groups excluding tert-OH is 1. The summed E-state index contributed by atoms with van der Waals surface area (Å²) in [5.74, 6) is -0.0297. The summed E-state index contributed by atoms with van der Waals surface area (Å²) in [6.07, 6.45) is -0.898. The third-order valence-electron chi connectivity index (χ3n) is 2.28. The zero-order chi connectivity index (χ0) is 11.4. The van der Waals surface area contributed by atoms with Gasteiger partial charge in [0.1, 0.15) is 11.6 Å². The second kappa shape index (κ2) is 5.09. The number of rotatable bonds is 4. The number of methoxy groups -OCH3 is 1. The molecule has 0 bridgehead atoms. The molecular weight excluding hydrogens is 197 g/mol. The third kappa shape index (κ3) is 2.46. The molecule has 1 atom stereocenters. The minimum absolute atomic E-state index is 0.215. The van der Waals surface area contributed by atoms with Gasteiger partial charge in [0.05, 0.1) is 18.8 Å². The molecule has 0 heterocycles. The molecule has 0 radical (unpaired) electrons. The van der Waals surface area contributed by atoms with Crippen LogP contribution in [0.15, 0.2) is 12.1 Å². The first-order chi connectivity index (χ1) is 7.11. The molecule has 0 saturated heterocycles. The minimum Gasteiger partial charge on any atom is -0.496 e. The standard InChI is InChI=1S/C11H16FNO2/c1-7-4-5-9(15-3)10(11(7)12)8(14)6-13-2/h4-5,8,13-14H,6H2,1-3H3. The number of benzene rings is 1. The second-order valence-electron chi connectivity index (χ2n) is 3.39. The van der Waals surface area contributed by atoms with Crippen LogP contribution < -0.4 is 10.1 Å². The Bertz CT molecular complexity index is 342. The predicted octanol–water partition coefficient (Wildman–Crippen LogP) is 1.40. The van der Waals surface area contributed by atoms with Crippen LogP contribution in [-0.2, 0) is 0 Å². The van der Waals surface area contributed by atoms with Crippen molar-refractivity contribution in [3.63, 3.8) is 0 Å². The maximum Gasteiger partial charge on any atom is 0.135 e. The Kier molecular flexibility index (Phi) is 4.05. The van der Waals surface area contributed by atoms with Gasteiger partial charge in [0.15, 0.2) is 0 Å². The molecule has 1 rings (SSSR count). The molecule has 0 aliphatic rings. The van der Waals surface area contributed by atoms with Gasteiger partial charge in [-0.05, 0) is 25.6 Å². The summed E-state index contributed by atoms with van der Waals surface area (Å²) in [6.45, 7) is 1.95. The van der Waals surface area contributed by atoms with Crippen molar-refractivity contribution >= 4 is 0 Å². The zero-order valence-corrected chi connectivity index (χ0v) is 9.17. The Balaban J connectivity index is 3.17. The van der Waals surface area contributed by atoms with Gasteiger partial charge in [-0.2, -0.15) is 0 Å². The van der Waals surface area contributed by atoms with Crippen LogP contribution in [0, 0.1) is 12.7 Å². The summed E-state index contributed by atoms with van der Waals surface area (Å²) in [5, 5.41) is 12.5. The van der Waals surface area contributed by atoms with Crippen molar-refractivity contribution < 1.29 is 14.2 Å². The summed E-state index contributed by atoms with van der Waals surface area (Å²) in [7, 11) is 3.16. The van der Waals surface area contributed by atoms with Crippen LogP contribution in [0.25, 0.3) is 0 Å². The van der Waals surface area contributed by atoms with Gasteiger partial charge in [-0.25, -0.2) is 4.39 Å². The lowest BCUT2D eigenvalue weighted by atomic mass is 10.0. The fourth-order valence-corrected chi connectivity index (χ4v) is 1.47. The number of hydrogen-bond donors (Lipinski definition) is 2. The molecule has 15 heavy (non-hydrogen) atoms. The molecule has 1 aromatic carbocycles. The SMILES string of the molecule is CNCC(O)c1c(OC)ccc(C)c1F. The number of ether oxygens (including phenoxy) is 1. The van der Waals surface area contributed by atoms with Gasteiger partial charge < -0.3 is 15.2 Å². The maximum absolute atomic E-state index is 13.8. The molecule has 1 unspecified atom stereocenters. The Morgan fingerprint density at radius 2 is 2.20 bits per heavy atom. The van der Waals surface area contributed by atoms with E-state index in [9.17, 15) is 9.50 Å². The fourth-order valence-electron chi connectivity index (χ4n) is 1.47. The molecular formula is C11H16FNO2. The average molecular weight is 213 g/mol. The van der Waals surface area contributed by atoms with Crippen LogP contribution in [0.2, 0.25) is 0 Å². The lowest BCUT2D eigenvalue weighted by molar-refractivity contribution is 0.168. The van der Waals surface area contributed by atoms with Crippen molar-refractivity contribution in [3.05, 3.63) is 29.1 Å². The summed E-state index contributed by atoms with van der Waals surface area (Å²) in [4.78, 5) is 0. The predicted molar refractivity (Wildman–Crippen MR) is 56.6 cm³/mol. The van der Waals surface area contributed by atoms with Crippen LogP contribution in [-0.4, -0.2) is 25.8 Å². The molecule has 1 aromatic rings. The van der Waals surface area contributed by atoms with Gasteiger partial charge in [-0.3, -0.25) is 0 Å². The first-order valence-corrected chi connectivity index (χ1v) is 4.77. The second-order valence-corrected chi connectivity index (χ2v) is 3.39. The summed E-state index contributed by atoms with van der Waals surface area (Å²) in [5.41, 5.74) is 0.716. The molecule has 3 nitrogen and oxygen atoms in total. The lowest BCUT2D eigenvalue weighted by Crippen LogP contribution is -2.18. The number of halogens is 1. The third-order valence-corrected chi connectivity index (χ3v) is 2.28. The number of aryl methyl sites for hydroxylation is 1. The van der Waals surface area contributed by atoms with Crippen LogP contribution in [0.5, 0.6) is 5.75 Å². The van der Waals surface area contributed by atoms with Gasteiger partial charge in [-0.1, -0.05) is 6.07 Å². The molecule has 4 heteroatoms. The molecule has 0 spiro atoms. The van der Waals surface area contributed by atoms with Crippen molar-refractivity contribution in [2.75, 3.05) is 20.7 Å². The van der Waals surface area contributed by atoms with E-state index >= 15 is 0 Å². The van der Waals surface area contributed by atoms with Crippen LogP contribution >= 0.6 is 0 Å². The topological polar surface area (TPSA) is 41.5 Å². The number of hydrogen-bond acceptors (Lipinski definition) is 3. The summed E-state index contributed by atoms with van der Waals surface area (Å²) in [6, 6.07) is 3.29. The Hall–Kier alpha value is -1.13. The molecule has 0 aromatic heterocycles. The normalized spacial score (nSPS) is 12.6. The first kappa shape index (κ1) is 11.9. The average Bonchev–Trinajstić information content (AvgIpc) is 2.22. The molecule has 0 saturated carbocycles. The molecule has 84 valence electrons. The fraction of sp³-hybridized carbons (Fsp3) is 0.455. The van der Waals surface area contributed by atoms with Gasteiger partial charge in [-0.15, -0.1) is 0 Å². The van der Waals surface area contributed by atoms with E-state index in [0.717, 1.165) is 0 Å². The van der Waals surface area contributed by atoms with E-state index in [1.54, 1.807) is 26.1 Å². The van der Waals surface area contributed by atoms with Gasteiger partial charge in [0.25, 0.3) is 0 Å². The number of likely N-dealkylation sites (N-methyl/N-ethyl adjacent to an activating group) is 1. The Labute approximate surface area is 88.9 Å². The Morgan fingerprint density at radius 1 is 1.53 bits per heavy atom. The highest BCUT2D eigenvalue weighted by Crippen LogP contribution is 2.29. The van der Waals surface area contributed by atoms with Gasteiger partial charge >= 0.3 is 0 Å². The van der Waals surface area contributed by atoms with Gasteiger partial charge in [0.2, 0.25) is 0 Å². The highest BCUT2D eigenvalue weighted by atomic mass is 19.1. The minimum atomic E-state index is -0.898. The van der Waals surface area contributed by atoms with E-state index in [2.05, 4.69) is 5.32 Å². The van der Waals surface area contributed by atoms with E-state index in [0.29, 0.717) is 11.3 Å². The van der Waals surface area contributed by atoms with E-state index < -0.39 is 11.9 Å². The number of nitrogens with one attached hydrogen (secondary N) is 1. The molecule has 0 aliphatic heterocycles. The number of aliphatic hydroxyl groups is 1. The summed E-state index contributed by atoms with van der Waals surface area (Å²) >= 11 is 0. The lowest BCUT2D eigenvalue weighted by Gasteiger charge is -2.16. The first-order valence-electron chi connectivity index (χ1n) is 4.77. The Morgan fingerprint density at radius 3 is 2.73 bits per heavy atom. The summed E-state index contributed by atoms with van der Waals surface area (Å²) < 4.78 is 18.8. The van der Waals surface area contributed by atoms with Gasteiger partial charge in [0, 0.05) is 6.54 Å². The molecule has 0 aliphatic carbocycles. The smallest absolute Gasteiger partial charge is 0.135 e. The van der Waals surface area contributed by atoms with Crippen LogP contribution in [0.3, 0.4) is 0 Å². The maximum atomic E-state index is 13.8. The van der Waals surface area contributed by atoms with E-state index in [1.807, 2.05) is 0 Å². The van der Waals surface area contributed by atoms with Crippen molar-refractivity contribution in [1.82, 2.24) is 5.32 Å². The van der Waals surface area contributed by atoms with Crippen LogP contribution in [0.1, 0.15) is 17.2 Å². The highest BCUT2D eigenvalue weighted by molar-refractivity contribution is 5.40. The molecule has 2 N–H and O–H groups in total. The van der Waals surface area contributed by atoms with E-state index in [4.69, 9.17) is 4.74 Å². The van der Waals surface area contributed by atoms with E-state index in [-0.39, 0.29) is 12.1 Å². The monoisotopic (exact) mass is 213 g/mol. The van der Waals surface area contributed by atoms with E-state index in [1.165, 1.54) is 7.11 Å². The van der Waals surface area contributed by atoms with Crippen molar-refractivity contribution in [1.29, 1.82) is 0 Å².